The summed E-state index contributed by atoms with van der Waals surface area (Å²) in [7, 11) is -9.34. The molecule has 6 nitrogen and oxygen atoms in total. The number of carbonyl (C=O) groups excluding carboxylic acids is 2. The Morgan fingerprint density at radius 1 is 1.13 bits per heavy atom. The number of nitrogens with one attached hydrogen (secondary N) is 2. The number of aryl methyl sites for hydroxylation is 1. The molecule has 2 amide bonds. The van der Waals surface area contributed by atoms with Crippen molar-refractivity contribution in [3.63, 3.8) is 0 Å². The third-order valence-electron chi connectivity index (χ3n) is 3.63. The molecule has 176 valence electrons. The molecule has 2 N–H and O–H groups in total. The van der Waals surface area contributed by atoms with Gasteiger partial charge in [0.15, 0.2) is 6.20 Å². The molecular weight excluding hydrogens is 439 g/mol. The van der Waals surface area contributed by atoms with E-state index in [1.807, 2.05) is 38.2 Å². The van der Waals surface area contributed by atoms with Crippen molar-refractivity contribution in [1.29, 1.82) is 0 Å². The number of halogens is 6. The van der Waals surface area contributed by atoms with Crippen LogP contribution in [0.25, 0.3) is 0 Å². The van der Waals surface area contributed by atoms with Crippen LogP contribution in [0, 0.1) is 5.92 Å². The fourth-order valence-corrected chi connectivity index (χ4v) is 2.21. The minimum atomic E-state index is -10.7. The first-order valence-corrected chi connectivity index (χ1v) is 11.1. The summed E-state index contributed by atoms with van der Waals surface area (Å²) in [6, 6.07) is 4.88. The number of hydrogen-bond donors (Lipinski definition) is 2. The number of pyridine rings is 1. The van der Waals surface area contributed by atoms with E-state index in [1.165, 1.54) is 7.11 Å². The Kier molecular flexibility index (Phi) is 9.56. The standard InChI is InChI=1S/C17H27N3O3.F6P/c1-5-6-10-20-11-8-7-9-14(20)12-18-17(22)19-15(13(2)3)16(21)23-4;1-7(2,3,4,5)6/h7-9,11,13,15H,5-6,10,12H2,1-4H3,(H-,18,19,22);/q;-1/p+1/t15-;/m0./s1. The van der Waals surface area contributed by atoms with Crippen molar-refractivity contribution in [2.24, 2.45) is 5.92 Å². The van der Waals surface area contributed by atoms with Gasteiger partial charge in [-0.3, -0.25) is 0 Å². The van der Waals surface area contributed by atoms with Gasteiger partial charge in [-0.15, -0.1) is 0 Å². The second-order valence-corrected chi connectivity index (χ2v) is 8.69. The SMILES string of the molecule is CCCC[n+]1ccccc1CNC(=O)N[C@H](C(=O)OC)C(C)C.F[P-](F)(F)(F)(F)F. The molecule has 13 heteroatoms. The summed E-state index contributed by atoms with van der Waals surface area (Å²) < 4.78 is 66.0. The molecule has 0 aromatic carbocycles. The fourth-order valence-electron chi connectivity index (χ4n) is 2.21. The molecule has 0 unspecified atom stereocenters. The number of amides is 2. The predicted molar refractivity (Wildman–Crippen MR) is 101 cm³/mol. The van der Waals surface area contributed by atoms with E-state index in [0.29, 0.717) is 6.54 Å². The molecule has 0 saturated carbocycles. The van der Waals surface area contributed by atoms with Crippen LogP contribution in [0.2, 0.25) is 0 Å². The van der Waals surface area contributed by atoms with Crippen molar-refractivity contribution in [3.05, 3.63) is 30.1 Å². The average molecular weight is 467 g/mol. The number of unbranched alkanes of at least 4 members (excludes halogenated alkanes) is 1. The maximum absolute atomic E-state index is 12.0. The first kappa shape index (κ1) is 27.9. The van der Waals surface area contributed by atoms with Crippen LogP contribution in [-0.4, -0.2) is 25.2 Å². The summed E-state index contributed by atoms with van der Waals surface area (Å²) in [5.41, 5.74) is 1.02. The van der Waals surface area contributed by atoms with Crippen LogP contribution >= 0.6 is 7.81 Å². The van der Waals surface area contributed by atoms with E-state index in [0.717, 1.165) is 25.1 Å². The summed E-state index contributed by atoms with van der Waals surface area (Å²) in [5.74, 6) is -0.479. The molecule has 0 aliphatic rings. The van der Waals surface area contributed by atoms with Crippen LogP contribution in [0.3, 0.4) is 0 Å². The maximum atomic E-state index is 12.0. The quantitative estimate of drug-likeness (QED) is 0.240. The first-order valence-electron chi connectivity index (χ1n) is 9.10. The van der Waals surface area contributed by atoms with Gasteiger partial charge in [-0.05, 0) is 5.92 Å². The van der Waals surface area contributed by atoms with Crippen molar-refractivity contribution >= 4 is 19.8 Å². The molecule has 0 bridgehead atoms. The first-order chi connectivity index (χ1) is 13.4. The summed E-state index contributed by atoms with van der Waals surface area (Å²) in [6.07, 6.45) is 4.21. The summed E-state index contributed by atoms with van der Waals surface area (Å²) >= 11 is 0. The van der Waals surface area contributed by atoms with Crippen molar-refractivity contribution in [3.8, 4) is 0 Å². The van der Waals surface area contributed by atoms with E-state index in [1.54, 1.807) is 0 Å². The number of ether oxygens (including phenoxy) is 1. The molecule has 1 rings (SSSR count). The zero-order valence-corrected chi connectivity index (χ0v) is 18.1. The van der Waals surface area contributed by atoms with E-state index < -0.39 is 19.8 Å². The number of nitrogens with zero attached hydrogens (tertiary/aromatic N) is 1. The van der Waals surface area contributed by atoms with Crippen LogP contribution in [-0.2, 0) is 22.6 Å². The molecule has 0 fully saturated rings. The van der Waals surface area contributed by atoms with Gasteiger partial charge in [-0.1, -0.05) is 33.3 Å². The molecule has 30 heavy (non-hydrogen) atoms. The molecule has 0 saturated heterocycles. The Bertz CT molecular complexity index is 703. The average Bonchev–Trinajstić information content (AvgIpc) is 2.59. The second kappa shape index (κ2) is 10.3. The fraction of sp³-hybridized carbons (Fsp3) is 0.588. The second-order valence-electron chi connectivity index (χ2n) is 6.77. The molecule has 1 aromatic heterocycles. The zero-order chi connectivity index (χ0) is 23.7. The van der Waals surface area contributed by atoms with Gasteiger partial charge in [0.2, 0.25) is 5.69 Å². The van der Waals surface area contributed by atoms with Gasteiger partial charge >= 0.3 is 45.0 Å². The zero-order valence-electron chi connectivity index (χ0n) is 17.2. The third kappa shape index (κ3) is 15.8. The van der Waals surface area contributed by atoms with Crippen molar-refractivity contribution in [2.45, 2.75) is 52.7 Å². The molecule has 1 heterocycles. The van der Waals surface area contributed by atoms with Crippen molar-refractivity contribution in [2.75, 3.05) is 7.11 Å². The molecule has 0 spiro atoms. The van der Waals surface area contributed by atoms with Crippen LogP contribution in [0.1, 0.15) is 39.3 Å². The molecule has 1 atom stereocenters. The van der Waals surface area contributed by atoms with Crippen LogP contribution in [0.15, 0.2) is 24.4 Å². The van der Waals surface area contributed by atoms with E-state index in [4.69, 9.17) is 4.74 Å². The number of hydrogen-bond acceptors (Lipinski definition) is 3. The summed E-state index contributed by atoms with van der Waals surface area (Å²) in [4.78, 5) is 23.7. The van der Waals surface area contributed by atoms with E-state index in [9.17, 15) is 34.8 Å². The van der Waals surface area contributed by atoms with Gasteiger partial charge in [0.05, 0.1) is 7.11 Å². The van der Waals surface area contributed by atoms with Crippen molar-refractivity contribution in [1.82, 2.24) is 10.6 Å². The Hall–Kier alpha value is -2.10. The molecule has 0 aliphatic carbocycles. The third-order valence-corrected chi connectivity index (χ3v) is 3.63. The van der Waals surface area contributed by atoms with Crippen LogP contribution < -0.4 is 15.2 Å². The van der Waals surface area contributed by atoms with Gasteiger partial charge in [0, 0.05) is 18.6 Å². The Morgan fingerprint density at radius 3 is 2.17 bits per heavy atom. The minimum absolute atomic E-state index is 0.0422. The van der Waals surface area contributed by atoms with Crippen LogP contribution in [0.4, 0.5) is 30.0 Å². The molecule has 0 aliphatic heterocycles. The van der Waals surface area contributed by atoms with Gasteiger partial charge in [-0.2, -0.15) is 0 Å². The molecule has 1 aromatic rings. The normalized spacial score (nSPS) is 14.5. The molecule has 0 radical (unpaired) electrons. The number of rotatable bonds is 8. The van der Waals surface area contributed by atoms with Gasteiger partial charge in [0.1, 0.15) is 19.1 Å². The van der Waals surface area contributed by atoms with E-state index in [-0.39, 0.29) is 11.9 Å². The summed E-state index contributed by atoms with van der Waals surface area (Å²) in [6.45, 7) is 7.19. The number of methoxy groups -OCH3 is 1. The van der Waals surface area contributed by atoms with Gasteiger partial charge in [0.25, 0.3) is 0 Å². The Balaban J connectivity index is 0.00000103. The predicted octanol–water partition coefficient (Wildman–Crippen LogP) is 5.15. The van der Waals surface area contributed by atoms with E-state index in [2.05, 4.69) is 22.1 Å². The Morgan fingerprint density at radius 2 is 1.70 bits per heavy atom. The Labute approximate surface area is 171 Å². The van der Waals surface area contributed by atoms with Gasteiger partial charge in [-0.25, -0.2) is 14.2 Å². The monoisotopic (exact) mass is 467 g/mol. The van der Waals surface area contributed by atoms with Gasteiger partial charge < -0.3 is 15.4 Å². The molecular formula is C17H28F6N3O3P. The number of esters is 1. The van der Waals surface area contributed by atoms with Crippen molar-refractivity contribution < 1.29 is 44.1 Å². The number of carbonyl (C=O) groups is 2. The van der Waals surface area contributed by atoms with Crippen LogP contribution in [0.5, 0.6) is 0 Å². The number of aromatic nitrogens is 1. The van der Waals surface area contributed by atoms with E-state index >= 15 is 0 Å². The summed E-state index contributed by atoms with van der Waals surface area (Å²) in [5, 5.41) is 5.47. The topological polar surface area (TPSA) is 71.3 Å². The number of urea groups is 1.